The lowest BCUT2D eigenvalue weighted by Gasteiger charge is -2.24. The van der Waals surface area contributed by atoms with Crippen LogP contribution in [0.25, 0.3) is 0 Å². The Morgan fingerprint density at radius 1 is 1.50 bits per heavy atom. The first-order chi connectivity index (χ1) is 6.77. The van der Waals surface area contributed by atoms with E-state index in [-0.39, 0.29) is 11.9 Å². The Bertz CT molecular complexity index is 324. The van der Waals surface area contributed by atoms with E-state index < -0.39 is 0 Å². The van der Waals surface area contributed by atoms with Crippen LogP contribution >= 0.6 is 11.6 Å². The molecule has 1 atom stereocenters. The van der Waals surface area contributed by atoms with Gasteiger partial charge in [0, 0.05) is 23.7 Å². The fraction of sp³-hybridized carbons (Fsp3) is 0.400. The number of morpholine rings is 1. The third-order valence-corrected chi connectivity index (χ3v) is 2.50. The maximum atomic E-state index is 9.65. The zero-order valence-electron chi connectivity index (χ0n) is 7.66. The van der Waals surface area contributed by atoms with Crippen LogP contribution in [0.15, 0.2) is 18.2 Å². The molecule has 4 heteroatoms. The SMILES string of the molecule is Oc1cc(Cl)ccc1C1CNCCO1. The van der Waals surface area contributed by atoms with Crippen molar-refractivity contribution in [2.75, 3.05) is 19.7 Å². The molecule has 3 nitrogen and oxygen atoms in total. The Labute approximate surface area is 87.6 Å². The van der Waals surface area contributed by atoms with Crippen LogP contribution in [0.3, 0.4) is 0 Å². The average molecular weight is 214 g/mol. The van der Waals surface area contributed by atoms with Crippen LogP contribution in [0.1, 0.15) is 11.7 Å². The molecule has 0 aromatic heterocycles. The summed E-state index contributed by atoms with van der Waals surface area (Å²) >= 11 is 5.74. The maximum absolute atomic E-state index is 9.65. The van der Waals surface area contributed by atoms with E-state index >= 15 is 0 Å². The second kappa shape index (κ2) is 4.17. The number of hydrogen-bond acceptors (Lipinski definition) is 3. The summed E-state index contributed by atoms with van der Waals surface area (Å²) in [5.74, 6) is 0.200. The molecule has 1 aromatic carbocycles. The number of phenols is 1. The molecule has 76 valence electrons. The summed E-state index contributed by atoms with van der Waals surface area (Å²) in [7, 11) is 0. The van der Waals surface area contributed by atoms with E-state index in [0.717, 1.165) is 18.7 Å². The van der Waals surface area contributed by atoms with Gasteiger partial charge < -0.3 is 15.2 Å². The van der Waals surface area contributed by atoms with Gasteiger partial charge >= 0.3 is 0 Å². The van der Waals surface area contributed by atoms with Crippen molar-refractivity contribution >= 4 is 11.6 Å². The minimum atomic E-state index is -0.0685. The number of nitrogens with one attached hydrogen (secondary N) is 1. The molecule has 1 aliphatic rings. The van der Waals surface area contributed by atoms with Crippen LogP contribution in [-0.4, -0.2) is 24.8 Å². The number of aromatic hydroxyl groups is 1. The smallest absolute Gasteiger partial charge is 0.122 e. The van der Waals surface area contributed by atoms with Crippen molar-refractivity contribution in [3.05, 3.63) is 28.8 Å². The van der Waals surface area contributed by atoms with Gasteiger partial charge in [-0.25, -0.2) is 0 Å². The van der Waals surface area contributed by atoms with Crippen molar-refractivity contribution in [1.82, 2.24) is 5.32 Å². The molecule has 0 spiro atoms. The monoisotopic (exact) mass is 213 g/mol. The van der Waals surface area contributed by atoms with Gasteiger partial charge in [0.25, 0.3) is 0 Å². The summed E-state index contributed by atoms with van der Waals surface area (Å²) in [5, 5.41) is 13.4. The largest absolute Gasteiger partial charge is 0.508 e. The highest BCUT2D eigenvalue weighted by Gasteiger charge is 2.18. The highest BCUT2D eigenvalue weighted by Crippen LogP contribution is 2.29. The lowest BCUT2D eigenvalue weighted by Crippen LogP contribution is -2.33. The highest BCUT2D eigenvalue weighted by molar-refractivity contribution is 6.30. The number of ether oxygens (including phenoxy) is 1. The van der Waals surface area contributed by atoms with Crippen LogP contribution in [0.2, 0.25) is 5.02 Å². The number of benzene rings is 1. The van der Waals surface area contributed by atoms with Gasteiger partial charge in [0.2, 0.25) is 0 Å². The maximum Gasteiger partial charge on any atom is 0.122 e. The molecule has 0 bridgehead atoms. The minimum absolute atomic E-state index is 0.0685. The molecule has 0 radical (unpaired) electrons. The second-order valence-corrected chi connectivity index (χ2v) is 3.70. The van der Waals surface area contributed by atoms with E-state index in [1.165, 1.54) is 6.07 Å². The first kappa shape index (κ1) is 9.77. The summed E-state index contributed by atoms with van der Waals surface area (Å²) in [4.78, 5) is 0. The highest BCUT2D eigenvalue weighted by atomic mass is 35.5. The molecule has 14 heavy (non-hydrogen) atoms. The number of phenolic OH excluding ortho intramolecular Hbond substituents is 1. The number of halogens is 1. The predicted octanol–water partition coefficient (Wildman–Crippen LogP) is 1.71. The summed E-state index contributed by atoms with van der Waals surface area (Å²) in [5.41, 5.74) is 0.793. The van der Waals surface area contributed by atoms with Crippen molar-refractivity contribution < 1.29 is 9.84 Å². The topological polar surface area (TPSA) is 41.5 Å². The quantitative estimate of drug-likeness (QED) is 0.746. The van der Waals surface area contributed by atoms with Gasteiger partial charge in [-0.2, -0.15) is 0 Å². The molecule has 1 aliphatic heterocycles. The molecule has 0 amide bonds. The molecule has 1 heterocycles. The number of rotatable bonds is 1. The van der Waals surface area contributed by atoms with Crippen molar-refractivity contribution in [2.24, 2.45) is 0 Å². The summed E-state index contributed by atoms with van der Waals surface area (Å²) in [6.07, 6.45) is -0.0685. The molecule has 0 aliphatic carbocycles. The zero-order valence-corrected chi connectivity index (χ0v) is 8.42. The van der Waals surface area contributed by atoms with Crippen LogP contribution in [0.5, 0.6) is 5.75 Å². The van der Waals surface area contributed by atoms with Crippen LogP contribution in [-0.2, 0) is 4.74 Å². The Hall–Kier alpha value is -0.770. The van der Waals surface area contributed by atoms with Crippen LogP contribution in [0.4, 0.5) is 0 Å². The first-order valence-corrected chi connectivity index (χ1v) is 4.96. The summed E-state index contributed by atoms with van der Waals surface area (Å²) < 4.78 is 5.52. The van der Waals surface area contributed by atoms with Crippen molar-refractivity contribution in [3.63, 3.8) is 0 Å². The molecular weight excluding hydrogens is 202 g/mol. The standard InChI is InChI=1S/C10H12ClNO2/c11-7-1-2-8(9(13)5-7)10-6-12-3-4-14-10/h1-2,5,10,12-13H,3-4,6H2. The van der Waals surface area contributed by atoms with E-state index in [0.29, 0.717) is 11.6 Å². The molecule has 1 aromatic rings. The van der Waals surface area contributed by atoms with Crippen molar-refractivity contribution in [2.45, 2.75) is 6.10 Å². The average Bonchev–Trinajstić information content (AvgIpc) is 2.19. The summed E-state index contributed by atoms with van der Waals surface area (Å²) in [6, 6.07) is 5.10. The van der Waals surface area contributed by atoms with Gasteiger partial charge in [-0.15, -0.1) is 0 Å². The van der Waals surface area contributed by atoms with Crippen LogP contribution in [0, 0.1) is 0 Å². The Balaban J connectivity index is 2.22. The predicted molar refractivity (Wildman–Crippen MR) is 54.7 cm³/mol. The van der Waals surface area contributed by atoms with E-state index in [9.17, 15) is 5.11 Å². The molecular formula is C10H12ClNO2. The zero-order chi connectivity index (χ0) is 9.97. The van der Waals surface area contributed by atoms with E-state index in [1.807, 2.05) is 0 Å². The molecule has 0 saturated carbocycles. The first-order valence-electron chi connectivity index (χ1n) is 4.58. The fourth-order valence-corrected chi connectivity index (χ4v) is 1.72. The Kier molecular flexibility index (Phi) is 2.91. The third kappa shape index (κ3) is 2.00. The van der Waals surface area contributed by atoms with E-state index in [2.05, 4.69) is 5.32 Å². The lowest BCUT2D eigenvalue weighted by molar-refractivity contribution is 0.0263. The molecule has 2 N–H and O–H groups in total. The Morgan fingerprint density at radius 3 is 3.00 bits per heavy atom. The van der Waals surface area contributed by atoms with Gasteiger partial charge in [0.05, 0.1) is 12.7 Å². The third-order valence-electron chi connectivity index (χ3n) is 2.27. The van der Waals surface area contributed by atoms with Gasteiger partial charge in [-0.05, 0) is 12.1 Å². The van der Waals surface area contributed by atoms with Gasteiger partial charge in [0.15, 0.2) is 0 Å². The van der Waals surface area contributed by atoms with Crippen molar-refractivity contribution in [1.29, 1.82) is 0 Å². The van der Waals surface area contributed by atoms with Gasteiger partial charge in [-0.1, -0.05) is 17.7 Å². The van der Waals surface area contributed by atoms with E-state index in [4.69, 9.17) is 16.3 Å². The molecule has 1 saturated heterocycles. The minimum Gasteiger partial charge on any atom is -0.508 e. The number of hydrogen-bond donors (Lipinski definition) is 2. The Morgan fingerprint density at radius 2 is 2.36 bits per heavy atom. The molecule has 2 rings (SSSR count). The van der Waals surface area contributed by atoms with Crippen LogP contribution < -0.4 is 5.32 Å². The fourth-order valence-electron chi connectivity index (χ4n) is 1.55. The molecule has 1 unspecified atom stereocenters. The molecule has 1 fully saturated rings. The summed E-state index contributed by atoms with van der Waals surface area (Å²) in [6.45, 7) is 2.27. The van der Waals surface area contributed by atoms with Gasteiger partial charge in [-0.3, -0.25) is 0 Å². The lowest BCUT2D eigenvalue weighted by atomic mass is 10.1. The second-order valence-electron chi connectivity index (χ2n) is 3.27. The van der Waals surface area contributed by atoms with E-state index in [1.54, 1.807) is 12.1 Å². The normalized spacial score (nSPS) is 22.2. The van der Waals surface area contributed by atoms with Gasteiger partial charge in [0.1, 0.15) is 5.75 Å². The van der Waals surface area contributed by atoms with Crippen molar-refractivity contribution in [3.8, 4) is 5.75 Å².